The Morgan fingerprint density at radius 3 is 2.57 bits per heavy atom. The highest BCUT2D eigenvalue weighted by Crippen LogP contribution is 2.31. The first-order valence-electron chi connectivity index (χ1n) is 5.53. The van der Waals surface area contributed by atoms with Crippen LogP contribution >= 0.6 is 43.5 Å². The maximum absolute atomic E-state index is 12.2. The van der Waals surface area contributed by atoms with E-state index in [9.17, 15) is 14.7 Å². The lowest BCUT2D eigenvalue weighted by Crippen LogP contribution is -2.16. The molecule has 0 bridgehead atoms. The fourth-order valence-corrected chi connectivity index (χ4v) is 3.14. The number of hydrogen-bond acceptors (Lipinski definition) is 3. The smallest absolute Gasteiger partial charge is 0.337 e. The average Bonchev–Trinajstić information content (AvgIpc) is 2.41. The number of carbonyl (C=O) groups excluding carboxylic acids is 1. The second-order valence-electron chi connectivity index (χ2n) is 3.92. The monoisotopic (exact) mass is 432 g/mol. The number of rotatable bonds is 3. The van der Waals surface area contributed by atoms with E-state index in [-0.39, 0.29) is 21.8 Å². The number of amides is 1. The Bertz CT molecular complexity index is 737. The molecule has 2 rings (SSSR count). The van der Waals surface area contributed by atoms with Crippen LogP contribution in [-0.4, -0.2) is 22.0 Å². The number of aromatic carboxylic acids is 1. The van der Waals surface area contributed by atoms with E-state index in [1.165, 1.54) is 24.5 Å². The van der Waals surface area contributed by atoms with E-state index in [1.54, 1.807) is 6.07 Å². The van der Waals surface area contributed by atoms with Crippen molar-refractivity contribution in [2.45, 2.75) is 0 Å². The molecule has 0 aliphatic heterocycles. The fourth-order valence-electron chi connectivity index (χ4n) is 1.61. The molecule has 21 heavy (non-hydrogen) atoms. The summed E-state index contributed by atoms with van der Waals surface area (Å²) in [4.78, 5) is 27.3. The number of halogens is 3. The Kier molecular flexibility index (Phi) is 4.97. The number of aromatic nitrogens is 1. The summed E-state index contributed by atoms with van der Waals surface area (Å²) >= 11 is 12.3. The third kappa shape index (κ3) is 3.61. The SMILES string of the molecule is O=C(Nc1c(Br)cc(Br)cc1C(=O)O)c1ccncc1Cl. The lowest BCUT2D eigenvalue weighted by atomic mass is 10.1. The summed E-state index contributed by atoms with van der Waals surface area (Å²) in [5.41, 5.74) is 0.316. The summed E-state index contributed by atoms with van der Waals surface area (Å²) in [5, 5.41) is 11.9. The van der Waals surface area contributed by atoms with Crippen LogP contribution in [0.4, 0.5) is 5.69 Å². The van der Waals surface area contributed by atoms with Crippen LogP contribution in [0.2, 0.25) is 5.02 Å². The number of carboxylic acids is 1. The lowest BCUT2D eigenvalue weighted by molar-refractivity contribution is 0.0698. The minimum Gasteiger partial charge on any atom is -0.478 e. The number of carboxylic acid groups (broad SMARTS) is 1. The molecule has 8 heteroatoms. The quantitative estimate of drug-likeness (QED) is 0.759. The molecule has 108 valence electrons. The van der Waals surface area contributed by atoms with Crippen LogP contribution in [0.15, 0.2) is 39.5 Å². The molecule has 2 N–H and O–H groups in total. The molecule has 0 unspecified atom stereocenters. The van der Waals surface area contributed by atoms with Crippen molar-refractivity contribution >= 4 is 61.0 Å². The first-order valence-corrected chi connectivity index (χ1v) is 7.49. The first-order chi connectivity index (χ1) is 9.90. The van der Waals surface area contributed by atoms with Crippen molar-refractivity contribution in [3.8, 4) is 0 Å². The highest BCUT2D eigenvalue weighted by atomic mass is 79.9. The van der Waals surface area contributed by atoms with E-state index < -0.39 is 11.9 Å². The average molecular weight is 434 g/mol. The van der Waals surface area contributed by atoms with Crippen LogP contribution in [0.1, 0.15) is 20.7 Å². The van der Waals surface area contributed by atoms with Crippen LogP contribution < -0.4 is 5.32 Å². The van der Waals surface area contributed by atoms with E-state index in [1.807, 2.05) is 0 Å². The summed E-state index contributed by atoms with van der Waals surface area (Å²) in [7, 11) is 0. The first kappa shape index (κ1) is 15.9. The molecular formula is C13H7Br2ClN2O3. The Morgan fingerprint density at radius 1 is 1.24 bits per heavy atom. The van der Waals surface area contributed by atoms with Gasteiger partial charge in [-0.15, -0.1) is 0 Å². The topological polar surface area (TPSA) is 79.3 Å². The number of nitrogens with zero attached hydrogens (tertiary/aromatic N) is 1. The van der Waals surface area contributed by atoms with Crippen LogP contribution in [0.3, 0.4) is 0 Å². The summed E-state index contributed by atoms with van der Waals surface area (Å²) < 4.78 is 1.01. The Labute approximate surface area is 141 Å². The van der Waals surface area contributed by atoms with Gasteiger partial charge in [0.05, 0.1) is 21.8 Å². The van der Waals surface area contributed by atoms with Crippen molar-refractivity contribution in [2.24, 2.45) is 0 Å². The van der Waals surface area contributed by atoms with Crippen LogP contribution in [0.25, 0.3) is 0 Å². The summed E-state index contributed by atoms with van der Waals surface area (Å²) in [6.45, 7) is 0. The second kappa shape index (κ2) is 6.55. The zero-order valence-corrected chi connectivity index (χ0v) is 14.2. The van der Waals surface area contributed by atoms with Crippen molar-refractivity contribution in [1.29, 1.82) is 0 Å². The van der Waals surface area contributed by atoms with Crippen molar-refractivity contribution in [3.63, 3.8) is 0 Å². The van der Waals surface area contributed by atoms with Gasteiger partial charge < -0.3 is 10.4 Å². The second-order valence-corrected chi connectivity index (χ2v) is 6.10. The number of nitrogens with one attached hydrogen (secondary N) is 1. The van der Waals surface area contributed by atoms with Gasteiger partial charge in [-0.1, -0.05) is 27.5 Å². The molecule has 5 nitrogen and oxygen atoms in total. The summed E-state index contributed by atoms with van der Waals surface area (Å²) in [5.74, 6) is -1.68. The molecule has 0 saturated carbocycles. The molecule has 0 saturated heterocycles. The maximum atomic E-state index is 12.2. The number of carbonyl (C=O) groups is 2. The highest BCUT2D eigenvalue weighted by Gasteiger charge is 2.18. The van der Waals surface area contributed by atoms with E-state index in [0.717, 1.165) is 0 Å². The van der Waals surface area contributed by atoms with Gasteiger partial charge in [0.2, 0.25) is 0 Å². The van der Waals surface area contributed by atoms with Gasteiger partial charge in [-0.05, 0) is 34.1 Å². The summed E-state index contributed by atoms with van der Waals surface area (Å²) in [6.07, 6.45) is 2.76. The zero-order valence-electron chi connectivity index (χ0n) is 10.2. The molecule has 1 aromatic heterocycles. The minimum atomic E-state index is -1.16. The van der Waals surface area contributed by atoms with Crippen LogP contribution in [0, 0.1) is 0 Å². The van der Waals surface area contributed by atoms with Gasteiger partial charge in [-0.3, -0.25) is 9.78 Å². The minimum absolute atomic E-state index is 0.0465. The molecule has 0 aliphatic carbocycles. The van der Waals surface area contributed by atoms with E-state index >= 15 is 0 Å². The molecule has 2 aromatic rings. The van der Waals surface area contributed by atoms with Crippen LogP contribution in [-0.2, 0) is 0 Å². The van der Waals surface area contributed by atoms with E-state index in [2.05, 4.69) is 42.2 Å². The predicted molar refractivity (Wildman–Crippen MR) is 86.0 cm³/mol. The van der Waals surface area contributed by atoms with Gasteiger partial charge >= 0.3 is 5.97 Å². The highest BCUT2D eigenvalue weighted by molar-refractivity contribution is 9.11. The van der Waals surface area contributed by atoms with Crippen LogP contribution in [0.5, 0.6) is 0 Å². The Balaban J connectivity index is 2.42. The number of anilines is 1. The molecule has 1 heterocycles. The third-order valence-electron chi connectivity index (χ3n) is 2.54. The number of pyridine rings is 1. The van der Waals surface area contributed by atoms with Gasteiger partial charge in [-0.2, -0.15) is 0 Å². The van der Waals surface area contributed by atoms with Crippen molar-refractivity contribution in [1.82, 2.24) is 4.98 Å². The standard InChI is InChI=1S/C13H7Br2ClN2O3/c14-6-3-8(13(20)21)11(9(15)4-6)18-12(19)7-1-2-17-5-10(7)16/h1-5H,(H,18,19)(H,20,21). The number of benzene rings is 1. The molecule has 0 radical (unpaired) electrons. The normalized spacial score (nSPS) is 10.2. The molecule has 0 atom stereocenters. The Hall–Kier alpha value is -1.44. The van der Waals surface area contributed by atoms with Gasteiger partial charge in [0.1, 0.15) is 0 Å². The third-order valence-corrected chi connectivity index (χ3v) is 3.93. The molecular weight excluding hydrogens is 427 g/mol. The largest absolute Gasteiger partial charge is 0.478 e. The van der Waals surface area contributed by atoms with Gasteiger partial charge in [-0.25, -0.2) is 4.79 Å². The molecule has 0 aliphatic rings. The molecule has 1 amide bonds. The Morgan fingerprint density at radius 2 is 1.95 bits per heavy atom. The lowest BCUT2D eigenvalue weighted by Gasteiger charge is -2.12. The zero-order chi connectivity index (χ0) is 15.6. The maximum Gasteiger partial charge on any atom is 0.337 e. The van der Waals surface area contributed by atoms with Gasteiger partial charge in [0.15, 0.2) is 0 Å². The van der Waals surface area contributed by atoms with Crippen molar-refractivity contribution in [3.05, 3.63) is 55.7 Å². The summed E-state index contributed by atoms with van der Waals surface area (Å²) in [6, 6.07) is 4.48. The molecule has 0 spiro atoms. The molecule has 1 aromatic carbocycles. The van der Waals surface area contributed by atoms with Gasteiger partial charge in [0.25, 0.3) is 5.91 Å². The van der Waals surface area contributed by atoms with E-state index in [0.29, 0.717) is 8.95 Å². The van der Waals surface area contributed by atoms with Gasteiger partial charge in [0, 0.05) is 21.3 Å². The number of hydrogen-bond donors (Lipinski definition) is 2. The van der Waals surface area contributed by atoms with Crippen molar-refractivity contribution < 1.29 is 14.7 Å². The van der Waals surface area contributed by atoms with Crippen molar-refractivity contribution in [2.75, 3.05) is 5.32 Å². The van der Waals surface area contributed by atoms with E-state index in [4.69, 9.17) is 11.6 Å². The predicted octanol–water partition coefficient (Wildman–Crippen LogP) is 4.21. The fraction of sp³-hybridized carbons (Fsp3) is 0. The molecule has 0 fully saturated rings.